The second kappa shape index (κ2) is 6.08. The minimum atomic E-state index is 0. The number of anilines is 1. The molecule has 1 atom stereocenters. The lowest BCUT2D eigenvalue weighted by Crippen LogP contribution is -2.37. The van der Waals surface area contributed by atoms with Crippen LogP contribution >= 0.6 is 12.4 Å². The molecule has 0 spiro atoms. The van der Waals surface area contributed by atoms with Gasteiger partial charge in [0.15, 0.2) is 0 Å². The average molecular weight is 280 g/mol. The van der Waals surface area contributed by atoms with Crippen LogP contribution in [0.3, 0.4) is 0 Å². The Morgan fingerprint density at radius 1 is 1.32 bits per heavy atom. The third-order valence-corrected chi connectivity index (χ3v) is 3.49. The van der Waals surface area contributed by atoms with Gasteiger partial charge in [0, 0.05) is 29.3 Å². The van der Waals surface area contributed by atoms with E-state index in [9.17, 15) is 4.79 Å². The van der Waals surface area contributed by atoms with Crippen molar-refractivity contribution in [3.05, 3.63) is 30.5 Å². The van der Waals surface area contributed by atoms with Gasteiger partial charge in [-0.2, -0.15) is 0 Å². The molecule has 1 aromatic heterocycles. The predicted molar refractivity (Wildman–Crippen MR) is 79.8 cm³/mol. The molecule has 3 N–H and O–H groups in total. The molecule has 3 rings (SSSR count). The fourth-order valence-corrected chi connectivity index (χ4v) is 2.45. The number of rotatable bonds is 2. The fourth-order valence-electron chi connectivity index (χ4n) is 2.45. The molecule has 19 heavy (non-hydrogen) atoms. The summed E-state index contributed by atoms with van der Waals surface area (Å²) >= 11 is 0. The first-order valence-electron chi connectivity index (χ1n) is 6.42. The number of carbonyl (C=O) groups excluding carboxylic acids is 1. The molecule has 1 aliphatic rings. The number of hydrogen-bond acceptors (Lipinski definition) is 2. The molecule has 0 radical (unpaired) electrons. The van der Waals surface area contributed by atoms with Gasteiger partial charge in [-0.25, -0.2) is 0 Å². The molecular formula is C14H18ClN3O. The number of H-pyrrole nitrogens is 1. The molecule has 0 unspecified atom stereocenters. The Hall–Kier alpha value is -1.52. The molecule has 102 valence electrons. The van der Waals surface area contributed by atoms with Crippen molar-refractivity contribution in [2.24, 2.45) is 5.92 Å². The molecule has 1 aliphatic heterocycles. The van der Waals surface area contributed by atoms with E-state index in [2.05, 4.69) is 15.6 Å². The molecule has 1 amide bonds. The number of carbonyl (C=O) groups is 1. The van der Waals surface area contributed by atoms with Gasteiger partial charge in [0.25, 0.3) is 0 Å². The van der Waals surface area contributed by atoms with Gasteiger partial charge in [-0.15, -0.1) is 12.4 Å². The highest BCUT2D eigenvalue weighted by Crippen LogP contribution is 2.19. The van der Waals surface area contributed by atoms with Crippen LogP contribution < -0.4 is 10.6 Å². The van der Waals surface area contributed by atoms with Crippen LogP contribution in [-0.4, -0.2) is 24.0 Å². The van der Waals surface area contributed by atoms with E-state index in [1.165, 1.54) is 0 Å². The van der Waals surface area contributed by atoms with Gasteiger partial charge in [-0.1, -0.05) is 0 Å². The topological polar surface area (TPSA) is 56.9 Å². The van der Waals surface area contributed by atoms with Crippen molar-refractivity contribution >= 4 is 34.9 Å². The number of nitrogens with one attached hydrogen (secondary N) is 3. The van der Waals surface area contributed by atoms with Crippen LogP contribution in [0.2, 0.25) is 0 Å². The first kappa shape index (κ1) is 13.9. The van der Waals surface area contributed by atoms with E-state index in [0.717, 1.165) is 42.5 Å². The molecule has 4 nitrogen and oxygen atoms in total. The Balaban J connectivity index is 0.00000133. The number of piperidine rings is 1. The van der Waals surface area contributed by atoms with Crippen molar-refractivity contribution in [2.45, 2.75) is 12.8 Å². The highest BCUT2D eigenvalue weighted by molar-refractivity contribution is 5.95. The van der Waals surface area contributed by atoms with Gasteiger partial charge in [0.1, 0.15) is 0 Å². The Morgan fingerprint density at radius 3 is 3.00 bits per heavy atom. The van der Waals surface area contributed by atoms with Crippen LogP contribution in [0.5, 0.6) is 0 Å². The van der Waals surface area contributed by atoms with Crippen molar-refractivity contribution < 1.29 is 4.79 Å². The fraction of sp³-hybridized carbons (Fsp3) is 0.357. The van der Waals surface area contributed by atoms with Gasteiger partial charge in [-0.05, 0) is 43.7 Å². The standard InChI is InChI=1S/C14H17N3O.ClH/c18-14(11-2-1-6-15-9-11)17-12-3-4-13-10(8-12)5-7-16-13;/h3-5,7-8,11,15-16H,1-2,6,9H2,(H,17,18);1H/t11-;/m1./s1. The molecule has 2 heterocycles. The third kappa shape index (κ3) is 3.08. The molecule has 1 aromatic carbocycles. The van der Waals surface area contributed by atoms with E-state index in [1.807, 2.05) is 30.5 Å². The van der Waals surface area contributed by atoms with E-state index in [4.69, 9.17) is 0 Å². The first-order chi connectivity index (χ1) is 8.83. The maximum Gasteiger partial charge on any atom is 0.228 e. The van der Waals surface area contributed by atoms with Crippen LogP contribution in [-0.2, 0) is 4.79 Å². The number of aromatic amines is 1. The minimum Gasteiger partial charge on any atom is -0.361 e. The molecule has 2 aromatic rings. The second-order valence-corrected chi connectivity index (χ2v) is 4.81. The number of hydrogen-bond donors (Lipinski definition) is 3. The number of aromatic nitrogens is 1. The second-order valence-electron chi connectivity index (χ2n) is 4.81. The summed E-state index contributed by atoms with van der Waals surface area (Å²) < 4.78 is 0. The summed E-state index contributed by atoms with van der Waals surface area (Å²) in [7, 11) is 0. The summed E-state index contributed by atoms with van der Waals surface area (Å²) in [6, 6.07) is 7.93. The SMILES string of the molecule is Cl.O=C(Nc1ccc2[nH]ccc2c1)[C@@H]1CCCNC1. The third-order valence-electron chi connectivity index (χ3n) is 3.49. The number of amides is 1. The molecule has 0 bridgehead atoms. The van der Waals surface area contributed by atoms with Crippen LogP contribution in [0.25, 0.3) is 10.9 Å². The highest BCUT2D eigenvalue weighted by Gasteiger charge is 2.20. The van der Waals surface area contributed by atoms with E-state index >= 15 is 0 Å². The lowest BCUT2D eigenvalue weighted by molar-refractivity contribution is -0.120. The zero-order valence-corrected chi connectivity index (χ0v) is 11.4. The lowest BCUT2D eigenvalue weighted by atomic mass is 9.99. The maximum atomic E-state index is 12.1. The predicted octanol–water partition coefficient (Wildman–Crippen LogP) is 2.53. The number of benzene rings is 1. The lowest BCUT2D eigenvalue weighted by Gasteiger charge is -2.21. The van der Waals surface area contributed by atoms with Crippen molar-refractivity contribution in [3.8, 4) is 0 Å². The van der Waals surface area contributed by atoms with E-state index in [-0.39, 0.29) is 24.2 Å². The first-order valence-corrected chi connectivity index (χ1v) is 6.42. The van der Waals surface area contributed by atoms with Crippen molar-refractivity contribution in [2.75, 3.05) is 18.4 Å². The summed E-state index contributed by atoms with van der Waals surface area (Å²) in [5.74, 6) is 0.220. The van der Waals surface area contributed by atoms with Gasteiger partial charge >= 0.3 is 0 Å². The van der Waals surface area contributed by atoms with E-state index < -0.39 is 0 Å². The molecule has 1 saturated heterocycles. The molecule has 5 heteroatoms. The monoisotopic (exact) mass is 279 g/mol. The molecular weight excluding hydrogens is 262 g/mol. The van der Waals surface area contributed by atoms with Crippen molar-refractivity contribution in [1.29, 1.82) is 0 Å². The summed E-state index contributed by atoms with van der Waals surface area (Å²) in [5.41, 5.74) is 1.96. The maximum absolute atomic E-state index is 12.1. The van der Waals surface area contributed by atoms with Gasteiger partial charge in [0.05, 0.1) is 5.92 Å². The Kier molecular flexibility index (Phi) is 4.45. The van der Waals surface area contributed by atoms with E-state index in [0.29, 0.717) is 0 Å². The summed E-state index contributed by atoms with van der Waals surface area (Å²) in [4.78, 5) is 15.2. The zero-order valence-electron chi connectivity index (χ0n) is 10.6. The average Bonchev–Trinajstić information content (AvgIpc) is 2.87. The van der Waals surface area contributed by atoms with Gasteiger partial charge in [-0.3, -0.25) is 4.79 Å². The van der Waals surface area contributed by atoms with Crippen LogP contribution in [0, 0.1) is 5.92 Å². The van der Waals surface area contributed by atoms with Crippen LogP contribution in [0.1, 0.15) is 12.8 Å². The highest BCUT2D eigenvalue weighted by atomic mass is 35.5. The van der Waals surface area contributed by atoms with Crippen LogP contribution in [0.15, 0.2) is 30.5 Å². The Bertz CT molecular complexity index is 561. The Morgan fingerprint density at radius 2 is 2.21 bits per heavy atom. The normalized spacial score (nSPS) is 18.8. The minimum absolute atomic E-state index is 0. The van der Waals surface area contributed by atoms with Crippen molar-refractivity contribution in [3.63, 3.8) is 0 Å². The van der Waals surface area contributed by atoms with E-state index in [1.54, 1.807) is 0 Å². The molecule has 0 aliphatic carbocycles. The smallest absolute Gasteiger partial charge is 0.228 e. The van der Waals surface area contributed by atoms with Gasteiger partial charge < -0.3 is 15.6 Å². The van der Waals surface area contributed by atoms with Gasteiger partial charge in [0.2, 0.25) is 5.91 Å². The summed E-state index contributed by atoms with van der Waals surface area (Å²) in [6.07, 6.45) is 3.96. The largest absolute Gasteiger partial charge is 0.361 e. The molecule has 0 saturated carbocycles. The number of halogens is 1. The van der Waals surface area contributed by atoms with Crippen LogP contribution in [0.4, 0.5) is 5.69 Å². The quantitative estimate of drug-likeness (QED) is 0.791. The summed E-state index contributed by atoms with van der Waals surface area (Å²) in [6.45, 7) is 1.82. The molecule has 1 fully saturated rings. The zero-order chi connectivity index (χ0) is 12.4. The number of fused-ring (bicyclic) bond motifs is 1. The summed E-state index contributed by atoms with van der Waals surface area (Å²) in [5, 5.41) is 7.38. The van der Waals surface area contributed by atoms with Crippen molar-refractivity contribution in [1.82, 2.24) is 10.3 Å². The Labute approximate surface area is 118 Å².